The molecular formula is C12H12N2O3S. The van der Waals surface area contributed by atoms with Gasteiger partial charge in [-0.1, -0.05) is 0 Å². The standard InChI is InChI=1S/C12H12N2O3S/c1-7(15)9-3-11(12(16)17)14(5-9)6-10-4-13-8(2)18-10/h3-5H,6H2,1-2H3,(H,16,17). The molecule has 2 heterocycles. The molecule has 0 atom stereocenters. The summed E-state index contributed by atoms with van der Waals surface area (Å²) >= 11 is 1.51. The third-order valence-electron chi connectivity index (χ3n) is 2.52. The Kier molecular flexibility index (Phi) is 3.29. The third kappa shape index (κ3) is 2.48. The van der Waals surface area contributed by atoms with Gasteiger partial charge in [0.15, 0.2) is 5.78 Å². The van der Waals surface area contributed by atoms with Crippen LogP contribution < -0.4 is 0 Å². The van der Waals surface area contributed by atoms with Crippen molar-refractivity contribution in [1.82, 2.24) is 9.55 Å². The molecule has 0 spiro atoms. The molecule has 0 aliphatic carbocycles. The minimum Gasteiger partial charge on any atom is -0.477 e. The number of nitrogens with zero attached hydrogens (tertiary/aromatic N) is 2. The van der Waals surface area contributed by atoms with Gasteiger partial charge in [-0.2, -0.15) is 0 Å². The molecule has 18 heavy (non-hydrogen) atoms. The van der Waals surface area contributed by atoms with Gasteiger partial charge < -0.3 is 9.67 Å². The SMILES string of the molecule is CC(=O)c1cc(C(=O)O)n(Cc2cnc(C)s2)c1. The number of aryl methyl sites for hydroxylation is 1. The molecule has 6 heteroatoms. The van der Waals surface area contributed by atoms with Crippen LogP contribution in [0, 0.1) is 6.92 Å². The lowest BCUT2D eigenvalue weighted by Gasteiger charge is -2.03. The molecule has 1 N–H and O–H groups in total. The van der Waals surface area contributed by atoms with E-state index in [0.29, 0.717) is 12.1 Å². The zero-order valence-electron chi connectivity index (χ0n) is 10.0. The van der Waals surface area contributed by atoms with Crippen LogP contribution in [0.3, 0.4) is 0 Å². The number of thiazole rings is 1. The van der Waals surface area contributed by atoms with E-state index in [-0.39, 0.29) is 11.5 Å². The predicted octanol–water partition coefficient (Wildman–Crippen LogP) is 2.20. The lowest BCUT2D eigenvalue weighted by atomic mass is 10.2. The van der Waals surface area contributed by atoms with Crippen LogP contribution in [0.4, 0.5) is 0 Å². The van der Waals surface area contributed by atoms with Crippen LogP contribution in [0.5, 0.6) is 0 Å². The van der Waals surface area contributed by atoms with Crippen molar-refractivity contribution in [3.05, 3.63) is 39.6 Å². The summed E-state index contributed by atoms with van der Waals surface area (Å²) in [6.07, 6.45) is 3.29. The monoisotopic (exact) mass is 264 g/mol. The molecule has 5 nitrogen and oxygen atoms in total. The van der Waals surface area contributed by atoms with Crippen molar-refractivity contribution in [1.29, 1.82) is 0 Å². The van der Waals surface area contributed by atoms with E-state index in [1.54, 1.807) is 17.0 Å². The topological polar surface area (TPSA) is 72.2 Å². The first-order chi connectivity index (χ1) is 8.47. The number of aromatic carboxylic acids is 1. The molecule has 0 fully saturated rings. The first-order valence-electron chi connectivity index (χ1n) is 5.33. The van der Waals surface area contributed by atoms with Crippen LogP contribution in [-0.4, -0.2) is 26.4 Å². The van der Waals surface area contributed by atoms with E-state index in [2.05, 4.69) is 4.98 Å². The minimum absolute atomic E-state index is 0.117. The Morgan fingerprint density at radius 2 is 2.22 bits per heavy atom. The quantitative estimate of drug-likeness (QED) is 0.859. The molecule has 0 amide bonds. The van der Waals surface area contributed by atoms with Crippen molar-refractivity contribution in [2.75, 3.05) is 0 Å². The number of hydrogen-bond acceptors (Lipinski definition) is 4. The number of carboxylic acid groups (broad SMARTS) is 1. The number of carbonyl (C=O) groups excluding carboxylic acids is 1. The van der Waals surface area contributed by atoms with Crippen LogP contribution in [0.2, 0.25) is 0 Å². The maximum Gasteiger partial charge on any atom is 0.352 e. The first-order valence-corrected chi connectivity index (χ1v) is 6.14. The first kappa shape index (κ1) is 12.5. The lowest BCUT2D eigenvalue weighted by molar-refractivity contribution is 0.0685. The highest BCUT2D eigenvalue weighted by atomic mass is 32.1. The molecule has 0 aromatic carbocycles. The van der Waals surface area contributed by atoms with Crippen LogP contribution in [0.25, 0.3) is 0 Å². The second-order valence-electron chi connectivity index (χ2n) is 3.95. The van der Waals surface area contributed by atoms with Crippen molar-refractivity contribution >= 4 is 23.1 Å². The molecule has 0 unspecified atom stereocenters. The van der Waals surface area contributed by atoms with E-state index in [0.717, 1.165) is 9.88 Å². The van der Waals surface area contributed by atoms with E-state index in [1.165, 1.54) is 24.3 Å². The molecule has 0 aliphatic heterocycles. The highest BCUT2D eigenvalue weighted by molar-refractivity contribution is 7.11. The summed E-state index contributed by atoms with van der Waals surface area (Å²) in [7, 11) is 0. The number of hydrogen-bond donors (Lipinski definition) is 1. The van der Waals surface area contributed by atoms with Gasteiger partial charge in [0.2, 0.25) is 0 Å². The Morgan fingerprint density at radius 3 is 2.72 bits per heavy atom. The molecule has 0 aliphatic rings. The number of rotatable bonds is 4. The fourth-order valence-electron chi connectivity index (χ4n) is 1.66. The Morgan fingerprint density at radius 1 is 1.50 bits per heavy atom. The average molecular weight is 264 g/mol. The molecule has 2 aromatic rings. The number of carbonyl (C=O) groups is 2. The van der Waals surface area contributed by atoms with Gasteiger partial charge in [0.05, 0.1) is 11.6 Å². The third-order valence-corrected chi connectivity index (χ3v) is 3.42. The van der Waals surface area contributed by atoms with E-state index in [1.807, 2.05) is 6.92 Å². The van der Waals surface area contributed by atoms with Crippen molar-refractivity contribution in [2.24, 2.45) is 0 Å². The second kappa shape index (κ2) is 4.73. The summed E-state index contributed by atoms with van der Waals surface area (Å²) < 4.78 is 1.56. The molecule has 94 valence electrons. The molecule has 0 radical (unpaired) electrons. The summed E-state index contributed by atoms with van der Waals surface area (Å²) in [6, 6.07) is 1.40. The highest BCUT2D eigenvalue weighted by Gasteiger charge is 2.15. The Bertz CT molecular complexity index is 613. The van der Waals surface area contributed by atoms with Crippen LogP contribution >= 0.6 is 11.3 Å². The summed E-state index contributed by atoms with van der Waals surface area (Å²) in [5, 5.41) is 10.0. The van der Waals surface area contributed by atoms with Gasteiger partial charge >= 0.3 is 5.97 Å². The van der Waals surface area contributed by atoms with E-state index < -0.39 is 5.97 Å². The van der Waals surface area contributed by atoms with Crippen molar-refractivity contribution in [3.63, 3.8) is 0 Å². The molecule has 2 rings (SSSR count). The largest absolute Gasteiger partial charge is 0.477 e. The molecule has 0 bridgehead atoms. The average Bonchev–Trinajstić information content (AvgIpc) is 2.85. The molecule has 0 saturated carbocycles. The van der Waals surface area contributed by atoms with Crippen molar-refractivity contribution < 1.29 is 14.7 Å². The highest BCUT2D eigenvalue weighted by Crippen LogP contribution is 2.17. The maximum atomic E-state index is 11.3. The fourth-order valence-corrected chi connectivity index (χ4v) is 2.45. The predicted molar refractivity (Wildman–Crippen MR) is 67.3 cm³/mol. The molecule has 2 aromatic heterocycles. The van der Waals surface area contributed by atoms with E-state index in [9.17, 15) is 9.59 Å². The van der Waals surface area contributed by atoms with E-state index >= 15 is 0 Å². The summed E-state index contributed by atoms with van der Waals surface area (Å²) in [4.78, 5) is 27.5. The van der Waals surface area contributed by atoms with Gasteiger partial charge in [0, 0.05) is 22.8 Å². The zero-order chi connectivity index (χ0) is 13.3. The second-order valence-corrected chi connectivity index (χ2v) is 5.27. The van der Waals surface area contributed by atoms with Crippen molar-refractivity contribution in [2.45, 2.75) is 20.4 Å². The number of aromatic nitrogens is 2. The van der Waals surface area contributed by atoms with Gasteiger partial charge in [-0.25, -0.2) is 9.78 Å². The van der Waals surface area contributed by atoms with Crippen LogP contribution in [0.1, 0.15) is 37.7 Å². The van der Waals surface area contributed by atoms with Crippen molar-refractivity contribution in [3.8, 4) is 0 Å². The fraction of sp³-hybridized carbons (Fsp3) is 0.250. The summed E-state index contributed by atoms with van der Waals surface area (Å²) in [5.41, 5.74) is 0.528. The van der Waals surface area contributed by atoms with E-state index in [4.69, 9.17) is 5.11 Å². The number of ketones is 1. The zero-order valence-corrected chi connectivity index (χ0v) is 10.8. The minimum atomic E-state index is -1.04. The van der Waals surface area contributed by atoms with Crippen LogP contribution in [0.15, 0.2) is 18.5 Å². The van der Waals surface area contributed by atoms with Gasteiger partial charge in [-0.15, -0.1) is 11.3 Å². The molecular weight excluding hydrogens is 252 g/mol. The summed E-state index contributed by atoms with van der Waals surface area (Å²) in [5.74, 6) is -1.18. The number of Topliss-reactive ketones (excluding diaryl/α,β-unsaturated/α-hetero) is 1. The normalized spacial score (nSPS) is 10.6. The maximum absolute atomic E-state index is 11.3. The van der Waals surface area contributed by atoms with Crippen LogP contribution in [-0.2, 0) is 6.54 Å². The lowest BCUT2D eigenvalue weighted by Crippen LogP contribution is -2.07. The van der Waals surface area contributed by atoms with Gasteiger partial charge in [0.25, 0.3) is 0 Å². The number of carboxylic acids is 1. The smallest absolute Gasteiger partial charge is 0.352 e. The van der Waals surface area contributed by atoms with Gasteiger partial charge in [-0.05, 0) is 19.9 Å². The Hall–Kier alpha value is -1.95. The van der Waals surface area contributed by atoms with Gasteiger partial charge in [-0.3, -0.25) is 4.79 Å². The molecule has 0 saturated heterocycles. The Labute approximate surface area is 108 Å². The van der Waals surface area contributed by atoms with Gasteiger partial charge in [0.1, 0.15) is 5.69 Å². The Balaban J connectivity index is 2.36. The summed E-state index contributed by atoms with van der Waals surface area (Å²) in [6.45, 7) is 3.73.